The van der Waals surface area contributed by atoms with Crippen LogP contribution in [0.5, 0.6) is 0 Å². The summed E-state index contributed by atoms with van der Waals surface area (Å²) < 4.78 is 42.3. The van der Waals surface area contributed by atoms with E-state index in [4.69, 9.17) is 0 Å². The number of nitrogens with one attached hydrogen (secondary N) is 1. The third kappa shape index (κ3) is 6.98. The van der Waals surface area contributed by atoms with E-state index in [1.807, 2.05) is 13.8 Å². The van der Waals surface area contributed by atoms with Crippen molar-refractivity contribution in [2.24, 2.45) is 0 Å². The maximum absolute atomic E-state index is 13.8. The van der Waals surface area contributed by atoms with Gasteiger partial charge in [-0.2, -0.15) is 0 Å². The number of nitrogens with zero attached hydrogens (tertiary/aromatic N) is 2. The molecule has 0 fully saturated rings. The minimum Gasteiger partial charge on any atom is -0.354 e. The Morgan fingerprint density at radius 3 is 2.18 bits per heavy atom. The number of carbonyl (C=O) groups excluding carboxylic acids is 2. The molecule has 202 valence electrons. The Labute approximate surface area is 224 Å². The van der Waals surface area contributed by atoms with Crippen LogP contribution in [0.15, 0.2) is 77.7 Å². The van der Waals surface area contributed by atoms with Crippen molar-refractivity contribution in [2.75, 3.05) is 17.4 Å². The maximum atomic E-state index is 13.8. The normalized spacial score (nSPS) is 12.0. The van der Waals surface area contributed by atoms with Crippen LogP contribution >= 0.6 is 0 Å². The Bertz CT molecular complexity index is 1360. The highest BCUT2D eigenvalue weighted by molar-refractivity contribution is 7.92. The van der Waals surface area contributed by atoms with Crippen molar-refractivity contribution in [3.63, 3.8) is 0 Å². The highest BCUT2D eigenvalue weighted by atomic mass is 32.2. The number of hydrogen-bond donors (Lipinski definition) is 1. The molecule has 1 atom stereocenters. The monoisotopic (exact) mass is 539 g/mol. The van der Waals surface area contributed by atoms with Gasteiger partial charge in [0.05, 0.1) is 10.6 Å². The molecule has 0 saturated carbocycles. The van der Waals surface area contributed by atoms with Gasteiger partial charge in [0.15, 0.2) is 0 Å². The smallest absolute Gasteiger partial charge is 0.264 e. The molecule has 7 nitrogen and oxygen atoms in total. The van der Waals surface area contributed by atoms with E-state index in [1.165, 1.54) is 41.3 Å². The third-order valence-corrected chi connectivity index (χ3v) is 8.03. The van der Waals surface area contributed by atoms with Crippen LogP contribution in [0.2, 0.25) is 0 Å². The lowest BCUT2D eigenvalue weighted by atomic mass is 10.1. The molecular formula is C29H34FN3O4S. The maximum Gasteiger partial charge on any atom is 0.264 e. The first-order valence-electron chi connectivity index (χ1n) is 12.5. The number of carbonyl (C=O) groups is 2. The minimum atomic E-state index is -4.12. The summed E-state index contributed by atoms with van der Waals surface area (Å²) in [5.74, 6) is -1.34. The number of amides is 2. The first kappa shape index (κ1) is 28.8. The Balaban J connectivity index is 2.02. The van der Waals surface area contributed by atoms with Crippen LogP contribution in [-0.2, 0) is 26.2 Å². The Hall–Kier alpha value is -3.72. The summed E-state index contributed by atoms with van der Waals surface area (Å²) in [6, 6.07) is 18.1. The van der Waals surface area contributed by atoms with E-state index in [1.54, 1.807) is 50.2 Å². The van der Waals surface area contributed by atoms with E-state index < -0.39 is 34.3 Å². The number of benzene rings is 3. The van der Waals surface area contributed by atoms with Gasteiger partial charge in [0, 0.05) is 13.1 Å². The van der Waals surface area contributed by atoms with E-state index in [9.17, 15) is 22.4 Å². The van der Waals surface area contributed by atoms with Crippen molar-refractivity contribution >= 4 is 27.5 Å². The van der Waals surface area contributed by atoms with Crippen LogP contribution in [0.25, 0.3) is 0 Å². The van der Waals surface area contributed by atoms with Gasteiger partial charge in [-0.25, -0.2) is 12.8 Å². The van der Waals surface area contributed by atoms with Gasteiger partial charge in [0.2, 0.25) is 11.8 Å². The van der Waals surface area contributed by atoms with Crippen molar-refractivity contribution in [3.8, 4) is 0 Å². The summed E-state index contributed by atoms with van der Waals surface area (Å²) in [6.07, 6.45) is 0.722. The lowest BCUT2D eigenvalue weighted by molar-refractivity contribution is -0.139. The molecule has 0 spiro atoms. The van der Waals surface area contributed by atoms with Crippen LogP contribution in [0.1, 0.15) is 37.0 Å². The molecule has 38 heavy (non-hydrogen) atoms. The zero-order valence-electron chi connectivity index (χ0n) is 22.1. The summed E-state index contributed by atoms with van der Waals surface area (Å²) in [6.45, 7) is 7.08. The number of hydrogen-bond acceptors (Lipinski definition) is 4. The number of sulfonamides is 1. The number of halogens is 1. The van der Waals surface area contributed by atoms with E-state index in [-0.39, 0.29) is 17.3 Å². The fraction of sp³-hybridized carbons (Fsp3) is 0.310. The largest absolute Gasteiger partial charge is 0.354 e. The van der Waals surface area contributed by atoms with Crippen LogP contribution in [0.3, 0.4) is 0 Å². The van der Waals surface area contributed by atoms with Gasteiger partial charge < -0.3 is 10.2 Å². The molecule has 0 aliphatic rings. The van der Waals surface area contributed by atoms with Crippen LogP contribution in [0.4, 0.5) is 10.1 Å². The second-order valence-electron chi connectivity index (χ2n) is 9.23. The molecule has 0 saturated heterocycles. The van der Waals surface area contributed by atoms with Gasteiger partial charge in [0.1, 0.15) is 18.4 Å². The Morgan fingerprint density at radius 2 is 1.58 bits per heavy atom. The Morgan fingerprint density at radius 1 is 0.947 bits per heavy atom. The molecule has 2 amide bonds. The van der Waals surface area contributed by atoms with Crippen molar-refractivity contribution in [1.82, 2.24) is 10.2 Å². The van der Waals surface area contributed by atoms with Crippen molar-refractivity contribution in [2.45, 2.75) is 51.6 Å². The number of aryl methyl sites for hydroxylation is 2. The average Bonchev–Trinajstić information content (AvgIpc) is 2.90. The molecule has 0 aromatic heterocycles. The molecule has 3 aromatic rings. The zero-order chi connectivity index (χ0) is 27.9. The minimum absolute atomic E-state index is 0.00597. The van der Waals surface area contributed by atoms with Gasteiger partial charge in [0.25, 0.3) is 10.0 Å². The van der Waals surface area contributed by atoms with Crippen molar-refractivity contribution < 1.29 is 22.4 Å². The lowest BCUT2D eigenvalue weighted by Crippen LogP contribution is -2.51. The molecule has 0 bridgehead atoms. The van der Waals surface area contributed by atoms with E-state index in [0.717, 1.165) is 16.3 Å². The predicted molar refractivity (Wildman–Crippen MR) is 147 cm³/mol. The lowest BCUT2D eigenvalue weighted by Gasteiger charge is -2.32. The van der Waals surface area contributed by atoms with Crippen LogP contribution in [0, 0.1) is 19.7 Å². The first-order chi connectivity index (χ1) is 18.0. The van der Waals surface area contributed by atoms with E-state index in [0.29, 0.717) is 23.4 Å². The standard InChI is InChI=1S/C29H34FN3O4S/c1-5-18-31-29(35)23(4)32(19-24-12-14-25(30)15-13-24)28(34)20-33(27-9-7-6-8-22(27)3)38(36,37)26-16-10-21(2)11-17-26/h6-17,23H,5,18-20H2,1-4H3,(H,31,35)/t23-/m0/s1. The van der Waals surface area contributed by atoms with Crippen molar-refractivity contribution in [1.29, 1.82) is 0 Å². The predicted octanol–water partition coefficient (Wildman–Crippen LogP) is 4.58. The average molecular weight is 540 g/mol. The fourth-order valence-electron chi connectivity index (χ4n) is 3.96. The molecule has 9 heteroatoms. The highest BCUT2D eigenvalue weighted by Crippen LogP contribution is 2.27. The summed E-state index contributed by atoms with van der Waals surface area (Å²) in [7, 11) is -4.12. The SMILES string of the molecule is CCCNC(=O)[C@H](C)N(Cc1ccc(F)cc1)C(=O)CN(c1ccccc1C)S(=O)(=O)c1ccc(C)cc1. The second-order valence-corrected chi connectivity index (χ2v) is 11.1. The molecule has 3 rings (SSSR count). The van der Waals surface area contributed by atoms with Crippen LogP contribution in [-0.4, -0.2) is 44.3 Å². The van der Waals surface area contributed by atoms with Crippen molar-refractivity contribution in [3.05, 3.63) is 95.3 Å². The second kappa shape index (κ2) is 12.7. The van der Waals surface area contributed by atoms with Crippen LogP contribution < -0.4 is 9.62 Å². The first-order valence-corrected chi connectivity index (χ1v) is 13.9. The summed E-state index contributed by atoms with van der Waals surface area (Å²) in [4.78, 5) is 28.1. The molecule has 0 heterocycles. The molecule has 0 radical (unpaired) electrons. The molecule has 1 N–H and O–H groups in total. The summed E-state index contributed by atoms with van der Waals surface area (Å²) in [5, 5.41) is 2.79. The van der Waals surface area contributed by atoms with Gasteiger partial charge in [-0.05, 0) is 68.7 Å². The molecule has 0 unspecified atom stereocenters. The Kier molecular flexibility index (Phi) is 9.63. The van der Waals surface area contributed by atoms with E-state index in [2.05, 4.69) is 5.32 Å². The summed E-state index contributed by atoms with van der Waals surface area (Å²) >= 11 is 0. The molecular weight excluding hydrogens is 505 g/mol. The molecule has 3 aromatic carbocycles. The number of anilines is 1. The van der Waals surface area contributed by atoms with Gasteiger partial charge in [-0.15, -0.1) is 0 Å². The fourth-order valence-corrected chi connectivity index (χ4v) is 5.44. The zero-order valence-corrected chi connectivity index (χ0v) is 23.0. The van der Waals surface area contributed by atoms with Gasteiger partial charge in [-0.3, -0.25) is 13.9 Å². The third-order valence-electron chi connectivity index (χ3n) is 6.25. The quantitative estimate of drug-likeness (QED) is 0.387. The van der Waals surface area contributed by atoms with E-state index >= 15 is 0 Å². The molecule has 0 aliphatic heterocycles. The topological polar surface area (TPSA) is 86.8 Å². The van der Waals surface area contributed by atoms with Gasteiger partial charge in [-0.1, -0.05) is 55.0 Å². The summed E-state index contributed by atoms with van der Waals surface area (Å²) in [5.41, 5.74) is 2.56. The number of para-hydroxylation sites is 1. The molecule has 0 aliphatic carbocycles. The highest BCUT2D eigenvalue weighted by Gasteiger charge is 2.33. The number of rotatable bonds is 11. The van der Waals surface area contributed by atoms with Gasteiger partial charge >= 0.3 is 0 Å².